The number of nitrogens with one attached hydrogen (secondary N) is 1. The van der Waals surface area contributed by atoms with E-state index >= 15 is 0 Å². The van der Waals surface area contributed by atoms with Crippen LogP contribution in [-0.2, 0) is 0 Å². The zero-order chi connectivity index (χ0) is 15.6. The van der Waals surface area contributed by atoms with Crippen LogP contribution in [-0.4, -0.2) is 37.8 Å². The van der Waals surface area contributed by atoms with Gasteiger partial charge < -0.3 is 10.4 Å². The van der Waals surface area contributed by atoms with Gasteiger partial charge in [-0.1, -0.05) is 25.7 Å². The van der Waals surface area contributed by atoms with Crippen molar-refractivity contribution in [2.24, 2.45) is 0 Å². The normalized spacial score (nSPS) is 18.1. The van der Waals surface area contributed by atoms with E-state index in [2.05, 4.69) is 15.5 Å². The van der Waals surface area contributed by atoms with Crippen molar-refractivity contribution in [3.8, 4) is 0 Å². The molecule has 22 heavy (non-hydrogen) atoms. The monoisotopic (exact) mass is 302 g/mol. The minimum Gasteiger partial charge on any atom is -0.388 e. The molecule has 0 unspecified atom stereocenters. The average Bonchev–Trinajstić information content (AvgIpc) is 2.75. The highest BCUT2D eigenvalue weighted by Gasteiger charge is 2.28. The quantitative estimate of drug-likeness (QED) is 0.848. The van der Waals surface area contributed by atoms with Crippen LogP contribution in [0.3, 0.4) is 0 Å². The molecular formula is C16H22N4O2. The van der Waals surface area contributed by atoms with Crippen molar-refractivity contribution >= 4 is 11.6 Å². The van der Waals surface area contributed by atoms with Crippen LogP contribution in [0.1, 0.15) is 54.7 Å². The fourth-order valence-corrected chi connectivity index (χ4v) is 3.05. The number of hydrogen-bond donors (Lipinski definition) is 2. The summed E-state index contributed by atoms with van der Waals surface area (Å²) in [6.45, 7) is 2.15. The van der Waals surface area contributed by atoms with Gasteiger partial charge in [-0.05, 0) is 31.9 Å². The minimum atomic E-state index is -0.761. The van der Waals surface area contributed by atoms with Gasteiger partial charge in [0.1, 0.15) is 5.82 Å². The van der Waals surface area contributed by atoms with Crippen LogP contribution in [0.15, 0.2) is 18.3 Å². The molecule has 1 fully saturated rings. The fourth-order valence-electron chi connectivity index (χ4n) is 3.05. The Hall–Kier alpha value is -1.95. The highest BCUT2D eigenvalue weighted by Crippen LogP contribution is 2.26. The van der Waals surface area contributed by atoms with E-state index in [4.69, 9.17) is 0 Å². The fraction of sp³-hybridized carbons (Fsp3) is 0.562. The Kier molecular flexibility index (Phi) is 4.11. The van der Waals surface area contributed by atoms with Gasteiger partial charge in [0.25, 0.3) is 5.91 Å². The summed E-state index contributed by atoms with van der Waals surface area (Å²) in [5, 5.41) is 21.4. The Balaban J connectivity index is 1.68. The van der Waals surface area contributed by atoms with Crippen LogP contribution in [0.2, 0.25) is 0 Å². The van der Waals surface area contributed by atoms with Crippen molar-refractivity contribution in [3.05, 3.63) is 29.7 Å². The molecule has 6 heteroatoms. The van der Waals surface area contributed by atoms with Crippen LogP contribution >= 0.6 is 0 Å². The van der Waals surface area contributed by atoms with Crippen molar-refractivity contribution in [2.75, 3.05) is 6.54 Å². The molecule has 0 saturated heterocycles. The second-order valence-corrected chi connectivity index (χ2v) is 6.21. The van der Waals surface area contributed by atoms with Crippen LogP contribution in [0.5, 0.6) is 0 Å². The number of rotatable bonds is 3. The van der Waals surface area contributed by atoms with E-state index < -0.39 is 5.60 Å². The van der Waals surface area contributed by atoms with Crippen molar-refractivity contribution < 1.29 is 9.90 Å². The standard InChI is InChI=1S/C16H22N4O2/c1-12-18-19-14-7-6-13(10-20(12)14)15(21)17-11-16(22)8-4-2-3-5-9-16/h6-7,10,22H,2-5,8-9,11H2,1H3,(H,17,21). The van der Waals surface area contributed by atoms with E-state index in [-0.39, 0.29) is 5.91 Å². The molecule has 2 N–H and O–H groups in total. The van der Waals surface area contributed by atoms with Crippen molar-refractivity contribution in [1.82, 2.24) is 19.9 Å². The first-order valence-corrected chi connectivity index (χ1v) is 7.89. The zero-order valence-electron chi connectivity index (χ0n) is 12.9. The number of carbonyl (C=O) groups excluding carboxylic acids is 1. The molecule has 2 aromatic heterocycles. The lowest BCUT2D eigenvalue weighted by Crippen LogP contribution is -2.42. The second kappa shape index (κ2) is 6.04. The van der Waals surface area contributed by atoms with Gasteiger partial charge in [0.2, 0.25) is 0 Å². The first-order chi connectivity index (χ1) is 10.6. The average molecular weight is 302 g/mol. The summed E-state index contributed by atoms with van der Waals surface area (Å²) in [4.78, 5) is 12.3. The molecule has 0 radical (unpaired) electrons. The number of nitrogens with zero attached hydrogens (tertiary/aromatic N) is 3. The predicted molar refractivity (Wildman–Crippen MR) is 82.7 cm³/mol. The maximum absolute atomic E-state index is 12.3. The van der Waals surface area contributed by atoms with Crippen LogP contribution in [0.4, 0.5) is 0 Å². The molecule has 0 spiro atoms. The second-order valence-electron chi connectivity index (χ2n) is 6.21. The number of aromatic nitrogens is 3. The highest BCUT2D eigenvalue weighted by molar-refractivity contribution is 5.94. The van der Waals surface area contributed by atoms with Gasteiger partial charge >= 0.3 is 0 Å². The van der Waals surface area contributed by atoms with Gasteiger partial charge in [-0.15, -0.1) is 10.2 Å². The zero-order valence-corrected chi connectivity index (χ0v) is 12.9. The molecule has 0 aliphatic heterocycles. The van der Waals surface area contributed by atoms with Crippen molar-refractivity contribution in [1.29, 1.82) is 0 Å². The lowest BCUT2D eigenvalue weighted by molar-refractivity contribution is 0.0246. The molecule has 0 aromatic carbocycles. The first-order valence-electron chi connectivity index (χ1n) is 7.89. The molecule has 1 saturated carbocycles. The van der Waals surface area contributed by atoms with Gasteiger partial charge in [-0.3, -0.25) is 9.20 Å². The third-order valence-electron chi connectivity index (χ3n) is 4.45. The van der Waals surface area contributed by atoms with Crippen LogP contribution in [0.25, 0.3) is 5.65 Å². The van der Waals surface area contributed by atoms with E-state index in [9.17, 15) is 9.90 Å². The molecule has 1 amide bonds. The summed E-state index contributed by atoms with van der Waals surface area (Å²) in [5.41, 5.74) is 0.506. The SMILES string of the molecule is Cc1nnc2ccc(C(=O)NCC3(O)CCCCCC3)cn12. The van der Waals surface area contributed by atoms with E-state index in [1.807, 2.05) is 6.92 Å². The number of aliphatic hydroxyl groups is 1. The molecule has 118 valence electrons. The smallest absolute Gasteiger partial charge is 0.252 e. The third-order valence-corrected chi connectivity index (χ3v) is 4.45. The van der Waals surface area contributed by atoms with Gasteiger partial charge in [0, 0.05) is 12.7 Å². The summed E-state index contributed by atoms with van der Waals surface area (Å²) in [6.07, 6.45) is 7.64. The topological polar surface area (TPSA) is 79.5 Å². The number of carbonyl (C=O) groups is 1. The molecular weight excluding hydrogens is 280 g/mol. The Morgan fingerprint density at radius 1 is 1.27 bits per heavy atom. The van der Waals surface area contributed by atoms with Gasteiger partial charge in [0.05, 0.1) is 11.2 Å². The lowest BCUT2D eigenvalue weighted by Gasteiger charge is -2.26. The minimum absolute atomic E-state index is 0.173. The maximum atomic E-state index is 12.3. The maximum Gasteiger partial charge on any atom is 0.252 e. The van der Waals surface area contributed by atoms with Gasteiger partial charge in [-0.25, -0.2) is 0 Å². The first kappa shape index (κ1) is 15.0. The predicted octanol–water partition coefficient (Wildman–Crippen LogP) is 1.85. The summed E-state index contributed by atoms with van der Waals surface area (Å²) in [6, 6.07) is 3.51. The lowest BCUT2D eigenvalue weighted by atomic mass is 9.94. The van der Waals surface area contributed by atoms with E-state index in [1.165, 1.54) is 12.8 Å². The molecule has 6 nitrogen and oxygen atoms in total. The van der Waals surface area contributed by atoms with Crippen LogP contribution in [0, 0.1) is 6.92 Å². The van der Waals surface area contributed by atoms with Gasteiger partial charge in [0.15, 0.2) is 5.65 Å². The van der Waals surface area contributed by atoms with E-state index in [0.29, 0.717) is 12.1 Å². The molecule has 0 bridgehead atoms. The Morgan fingerprint density at radius 3 is 2.73 bits per heavy atom. The summed E-state index contributed by atoms with van der Waals surface area (Å²) >= 11 is 0. The highest BCUT2D eigenvalue weighted by atomic mass is 16.3. The molecule has 2 aromatic rings. The summed E-state index contributed by atoms with van der Waals surface area (Å²) in [7, 11) is 0. The summed E-state index contributed by atoms with van der Waals surface area (Å²) < 4.78 is 1.79. The van der Waals surface area contributed by atoms with Crippen LogP contribution < -0.4 is 5.32 Å². The molecule has 1 aliphatic rings. The van der Waals surface area contributed by atoms with Gasteiger partial charge in [-0.2, -0.15) is 0 Å². The number of hydrogen-bond acceptors (Lipinski definition) is 4. The molecule has 3 rings (SSSR count). The molecule has 0 atom stereocenters. The number of aryl methyl sites for hydroxylation is 1. The largest absolute Gasteiger partial charge is 0.388 e. The molecule has 1 aliphatic carbocycles. The number of amides is 1. The number of pyridine rings is 1. The van der Waals surface area contributed by atoms with Crippen molar-refractivity contribution in [2.45, 2.75) is 51.0 Å². The Bertz CT molecular complexity index is 672. The summed E-state index contributed by atoms with van der Waals surface area (Å²) in [5.74, 6) is 0.569. The Labute approximate surface area is 129 Å². The van der Waals surface area contributed by atoms with E-state index in [0.717, 1.165) is 37.2 Å². The number of fused-ring (bicyclic) bond motifs is 1. The van der Waals surface area contributed by atoms with E-state index in [1.54, 1.807) is 22.7 Å². The third kappa shape index (κ3) is 3.11. The van der Waals surface area contributed by atoms with Crippen molar-refractivity contribution in [3.63, 3.8) is 0 Å². The Morgan fingerprint density at radius 2 is 2.00 bits per heavy atom. The molecule has 2 heterocycles.